The van der Waals surface area contributed by atoms with E-state index in [0.717, 1.165) is 0 Å². The van der Waals surface area contributed by atoms with Crippen LogP contribution in [0.25, 0.3) is 0 Å². The van der Waals surface area contributed by atoms with Crippen molar-refractivity contribution in [1.29, 1.82) is 0 Å². The predicted octanol–water partition coefficient (Wildman–Crippen LogP) is 0.537. The van der Waals surface area contributed by atoms with Crippen LogP contribution in [0.4, 0.5) is 0 Å². The van der Waals surface area contributed by atoms with Crippen molar-refractivity contribution in [2.45, 2.75) is 43.7 Å². The van der Waals surface area contributed by atoms with Crippen molar-refractivity contribution >= 4 is 0 Å². The summed E-state index contributed by atoms with van der Waals surface area (Å²) in [5, 5.41) is 12.3. The fourth-order valence-corrected chi connectivity index (χ4v) is 3.13. The maximum absolute atomic E-state index is 10.8. The lowest BCUT2D eigenvalue weighted by atomic mass is 9.81. The molecule has 1 saturated carbocycles. The van der Waals surface area contributed by atoms with E-state index in [4.69, 9.17) is 0 Å². The lowest BCUT2D eigenvalue weighted by Gasteiger charge is -2.59. The molecule has 3 aliphatic heterocycles. The van der Waals surface area contributed by atoms with E-state index in [2.05, 4.69) is 15.9 Å². The highest BCUT2D eigenvalue weighted by atomic mass is 16.3. The van der Waals surface area contributed by atoms with Gasteiger partial charge in [-0.25, -0.2) is 15.0 Å². The zero-order chi connectivity index (χ0) is 11.3. The molecular formula is C7H10N6O3. The van der Waals surface area contributed by atoms with Gasteiger partial charge in [-0.3, -0.25) is 0 Å². The average Bonchev–Trinajstić information content (AvgIpc) is 2.29. The Hall–Kier alpha value is -1.80. The van der Waals surface area contributed by atoms with E-state index in [0.29, 0.717) is 19.3 Å². The van der Waals surface area contributed by atoms with Crippen LogP contribution in [0.2, 0.25) is 0 Å². The van der Waals surface area contributed by atoms with Crippen molar-refractivity contribution in [1.82, 2.24) is 15.0 Å². The van der Waals surface area contributed by atoms with Crippen molar-refractivity contribution in [2.24, 2.45) is 15.9 Å². The fourth-order valence-electron chi connectivity index (χ4n) is 3.13. The maximum Gasteiger partial charge on any atom is 0.235 e. The molecule has 0 radical (unpaired) electrons. The monoisotopic (exact) mass is 226 g/mol. The maximum atomic E-state index is 10.8. The molecule has 0 N–H and O–H groups in total. The Bertz CT molecular complexity index is 293. The van der Waals surface area contributed by atoms with Gasteiger partial charge in [0.15, 0.2) is 0 Å². The van der Waals surface area contributed by atoms with Gasteiger partial charge in [-0.15, -0.1) is 14.7 Å². The quantitative estimate of drug-likeness (QED) is 0.651. The first-order valence-corrected chi connectivity index (χ1v) is 5.15. The van der Waals surface area contributed by atoms with Gasteiger partial charge in [-0.1, -0.05) is 0 Å². The standard InChI is InChI=1S/C7H10N6O3/c14-8-11-4-1-5-3-6(2-4)13(10-16)7(11)12(5)9-15/h4-7H,1-3H2. The van der Waals surface area contributed by atoms with Crippen LogP contribution in [0.15, 0.2) is 15.9 Å². The minimum Gasteiger partial charge on any atom is -0.213 e. The first-order valence-electron chi connectivity index (χ1n) is 5.15. The zero-order valence-corrected chi connectivity index (χ0v) is 8.34. The van der Waals surface area contributed by atoms with Gasteiger partial charge in [-0.2, -0.15) is 0 Å². The Labute approximate surface area is 90.2 Å². The SMILES string of the molecule is O=NN1C2CC3CC(C2)N(N=O)C1N3N=O. The first kappa shape index (κ1) is 9.43. The molecule has 0 spiro atoms. The molecule has 86 valence electrons. The molecule has 4 fully saturated rings. The normalized spacial score (nSPS) is 40.1. The third-order valence-electron chi connectivity index (χ3n) is 3.75. The van der Waals surface area contributed by atoms with Crippen LogP contribution in [0.3, 0.4) is 0 Å². The molecule has 9 heteroatoms. The third-order valence-corrected chi connectivity index (χ3v) is 3.75. The van der Waals surface area contributed by atoms with Crippen LogP contribution in [-0.4, -0.2) is 39.4 Å². The predicted molar refractivity (Wildman–Crippen MR) is 51.9 cm³/mol. The van der Waals surface area contributed by atoms with Gasteiger partial charge in [0.1, 0.15) is 0 Å². The van der Waals surface area contributed by atoms with Crippen LogP contribution < -0.4 is 0 Å². The summed E-state index contributed by atoms with van der Waals surface area (Å²) in [7, 11) is 0. The second-order valence-corrected chi connectivity index (χ2v) is 4.40. The molecule has 0 aromatic carbocycles. The Balaban J connectivity index is 2.01. The molecule has 0 aromatic heterocycles. The van der Waals surface area contributed by atoms with E-state index >= 15 is 0 Å². The van der Waals surface area contributed by atoms with Gasteiger partial charge in [0.2, 0.25) is 6.29 Å². The lowest BCUT2D eigenvalue weighted by Crippen LogP contribution is -2.74. The molecule has 9 nitrogen and oxygen atoms in total. The summed E-state index contributed by atoms with van der Waals surface area (Å²) < 4.78 is 0. The molecule has 16 heavy (non-hydrogen) atoms. The number of rotatable bonds is 3. The van der Waals surface area contributed by atoms with Gasteiger partial charge in [-0.05, 0) is 19.3 Å². The summed E-state index contributed by atoms with van der Waals surface area (Å²) in [5.74, 6) is 0. The molecule has 3 heterocycles. The molecule has 4 bridgehead atoms. The molecular weight excluding hydrogens is 216 g/mol. The van der Waals surface area contributed by atoms with E-state index in [1.807, 2.05) is 0 Å². The van der Waals surface area contributed by atoms with Crippen molar-refractivity contribution in [3.63, 3.8) is 0 Å². The van der Waals surface area contributed by atoms with Gasteiger partial charge < -0.3 is 0 Å². The molecule has 4 aliphatic rings. The summed E-state index contributed by atoms with van der Waals surface area (Å²) in [4.78, 5) is 32.3. The van der Waals surface area contributed by atoms with Crippen LogP contribution in [0, 0.1) is 14.7 Å². The number of nitroso groups, excluding NO2 is 3. The fraction of sp³-hybridized carbons (Fsp3) is 1.00. The lowest BCUT2D eigenvalue weighted by molar-refractivity contribution is -0.233. The van der Waals surface area contributed by atoms with Gasteiger partial charge in [0, 0.05) is 0 Å². The van der Waals surface area contributed by atoms with E-state index in [1.165, 1.54) is 15.0 Å². The van der Waals surface area contributed by atoms with Crippen molar-refractivity contribution in [3.8, 4) is 0 Å². The molecule has 0 atom stereocenters. The summed E-state index contributed by atoms with van der Waals surface area (Å²) in [6.45, 7) is 0. The van der Waals surface area contributed by atoms with Crippen molar-refractivity contribution in [2.75, 3.05) is 0 Å². The Morgan fingerprint density at radius 2 is 1.00 bits per heavy atom. The van der Waals surface area contributed by atoms with Gasteiger partial charge >= 0.3 is 0 Å². The zero-order valence-electron chi connectivity index (χ0n) is 8.34. The highest BCUT2D eigenvalue weighted by molar-refractivity contribution is 5.03. The highest BCUT2D eigenvalue weighted by Gasteiger charge is 2.57. The first-order chi connectivity index (χ1) is 7.80. The van der Waals surface area contributed by atoms with Gasteiger partial charge in [0.05, 0.1) is 34.0 Å². The van der Waals surface area contributed by atoms with E-state index in [1.54, 1.807) is 0 Å². The Kier molecular flexibility index (Phi) is 1.82. The second-order valence-electron chi connectivity index (χ2n) is 4.40. The molecule has 0 unspecified atom stereocenters. The summed E-state index contributed by atoms with van der Waals surface area (Å²) in [5.41, 5.74) is 0. The van der Waals surface area contributed by atoms with Crippen LogP contribution in [0.5, 0.6) is 0 Å². The minimum absolute atomic E-state index is 0.00208. The van der Waals surface area contributed by atoms with Crippen LogP contribution in [0.1, 0.15) is 19.3 Å². The largest absolute Gasteiger partial charge is 0.235 e. The average molecular weight is 226 g/mol. The van der Waals surface area contributed by atoms with Crippen molar-refractivity contribution in [3.05, 3.63) is 14.7 Å². The molecule has 4 rings (SSSR count). The topological polar surface area (TPSA) is 98.0 Å². The molecule has 0 aromatic rings. The number of hydrogen-bond acceptors (Lipinski definition) is 6. The minimum atomic E-state index is -0.816. The van der Waals surface area contributed by atoms with Crippen LogP contribution >= 0.6 is 0 Å². The van der Waals surface area contributed by atoms with E-state index in [-0.39, 0.29) is 18.1 Å². The van der Waals surface area contributed by atoms with Crippen LogP contribution in [-0.2, 0) is 0 Å². The molecule has 1 aliphatic carbocycles. The Morgan fingerprint density at radius 1 is 0.688 bits per heavy atom. The van der Waals surface area contributed by atoms with E-state index < -0.39 is 6.29 Å². The van der Waals surface area contributed by atoms with E-state index in [9.17, 15) is 14.7 Å². The highest BCUT2D eigenvalue weighted by Crippen LogP contribution is 2.44. The second kappa shape index (κ2) is 3.09. The number of nitrogens with zero attached hydrogens (tertiary/aromatic N) is 6. The van der Waals surface area contributed by atoms with Gasteiger partial charge in [0.25, 0.3) is 0 Å². The summed E-state index contributed by atoms with van der Waals surface area (Å²) in [6.07, 6.45) is 1.26. The summed E-state index contributed by atoms with van der Waals surface area (Å²) in [6, 6.07) is 0.00625. The molecule has 0 amide bonds. The third kappa shape index (κ3) is 0.947. The summed E-state index contributed by atoms with van der Waals surface area (Å²) >= 11 is 0. The van der Waals surface area contributed by atoms with Crippen molar-refractivity contribution < 1.29 is 0 Å². The number of hydrogen-bond donors (Lipinski definition) is 0. The Morgan fingerprint density at radius 3 is 1.25 bits per heavy atom. The molecule has 3 saturated heterocycles. The smallest absolute Gasteiger partial charge is 0.213 e.